The van der Waals surface area contributed by atoms with Crippen LogP contribution in [-0.4, -0.2) is 31.1 Å². The molecule has 0 bridgehead atoms. The van der Waals surface area contributed by atoms with Crippen molar-refractivity contribution in [2.75, 3.05) is 5.32 Å². The fourth-order valence-electron chi connectivity index (χ4n) is 2.31. The van der Waals surface area contributed by atoms with Gasteiger partial charge < -0.3 is 0 Å². The van der Waals surface area contributed by atoms with Crippen LogP contribution in [0, 0.1) is 0 Å². The summed E-state index contributed by atoms with van der Waals surface area (Å²) >= 11 is 1.39. The summed E-state index contributed by atoms with van der Waals surface area (Å²) in [5.41, 5.74) is 3.06. The van der Waals surface area contributed by atoms with E-state index in [0.717, 1.165) is 11.3 Å². The number of nitrogens with one attached hydrogen (secondary N) is 1. The van der Waals surface area contributed by atoms with E-state index < -0.39 is 0 Å². The largest absolute Gasteiger partial charge is 0.298 e. The first-order chi connectivity index (χ1) is 12.3. The molecular weight excluding hydrogens is 336 g/mol. The topological polar surface area (TPSA) is 85.6 Å². The normalized spacial score (nSPS) is 10.6. The molecule has 0 radical (unpaired) electrons. The molecule has 8 heteroatoms. The maximum Gasteiger partial charge on any atom is 0.257 e. The molecule has 0 spiro atoms. The molecule has 25 heavy (non-hydrogen) atoms. The van der Waals surface area contributed by atoms with E-state index in [2.05, 4.69) is 25.8 Å². The zero-order chi connectivity index (χ0) is 17.1. The van der Waals surface area contributed by atoms with Crippen LogP contribution in [0.15, 0.2) is 66.3 Å². The monoisotopic (exact) mass is 348 g/mol. The Morgan fingerprint density at radius 3 is 2.76 bits per heavy atom. The Morgan fingerprint density at radius 2 is 1.96 bits per heavy atom. The number of nitrogens with zero attached hydrogens (tertiary/aromatic N) is 5. The van der Waals surface area contributed by atoms with Crippen LogP contribution in [0.3, 0.4) is 0 Å². The molecule has 7 nitrogen and oxygen atoms in total. The molecule has 122 valence electrons. The number of rotatable bonds is 4. The summed E-state index contributed by atoms with van der Waals surface area (Å²) in [7, 11) is 0. The predicted octanol–water partition coefficient (Wildman–Crippen LogP) is 3.04. The summed E-state index contributed by atoms with van der Waals surface area (Å²) in [6.07, 6.45) is 1.48. The van der Waals surface area contributed by atoms with E-state index in [9.17, 15) is 4.79 Å². The number of thiazole rings is 1. The Labute approximate surface area is 147 Å². The molecule has 0 aliphatic rings. The van der Waals surface area contributed by atoms with Gasteiger partial charge in [0.15, 0.2) is 5.13 Å². The van der Waals surface area contributed by atoms with Gasteiger partial charge in [-0.1, -0.05) is 36.4 Å². The lowest BCUT2D eigenvalue weighted by molar-refractivity contribution is 0.102. The van der Waals surface area contributed by atoms with Crippen LogP contribution in [0.2, 0.25) is 0 Å². The van der Waals surface area contributed by atoms with Gasteiger partial charge in [-0.05, 0) is 28.6 Å². The molecule has 2 aromatic carbocycles. The number of aromatic nitrogens is 5. The molecule has 1 N–H and O–H groups in total. The lowest BCUT2D eigenvalue weighted by Crippen LogP contribution is -2.12. The highest BCUT2D eigenvalue weighted by molar-refractivity contribution is 7.14. The van der Waals surface area contributed by atoms with Crippen LogP contribution in [0.25, 0.3) is 16.9 Å². The molecule has 2 aromatic heterocycles. The predicted molar refractivity (Wildman–Crippen MR) is 94.7 cm³/mol. The number of carbonyl (C=O) groups is 1. The van der Waals surface area contributed by atoms with Crippen LogP contribution in [0.5, 0.6) is 0 Å². The van der Waals surface area contributed by atoms with Crippen LogP contribution in [-0.2, 0) is 0 Å². The van der Waals surface area contributed by atoms with Gasteiger partial charge in [-0.2, -0.15) is 0 Å². The Balaban J connectivity index is 1.53. The molecule has 0 atom stereocenters. The van der Waals surface area contributed by atoms with Crippen LogP contribution in [0.1, 0.15) is 10.4 Å². The molecule has 0 aliphatic carbocycles. The van der Waals surface area contributed by atoms with Crippen molar-refractivity contribution in [3.63, 3.8) is 0 Å². The smallest absolute Gasteiger partial charge is 0.257 e. The lowest BCUT2D eigenvalue weighted by atomic mass is 10.2. The maximum atomic E-state index is 12.5. The minimum Gasteiger partial charge on any atom is -0.298 e. The number of carbonyl (C=O) groups excluding carboxylic acids is 1. The molecule has 0 saturated heterocycles. The fourth-order valence-corrected chi connectivity index (χ4v) is 3.03. The van der Waals surface area contributed by atoms with Crippen LogP contribution < -0.4 is 5.32 Å². The van der Waals surface area contributed by atoms with E-state index in [1.54, 1.807) is 18.2 Å². The Hall–Kier alpha value is -3.39. The highest BCUT2D eigenvalue weighted by atomic mass is 32.1. The summed E-state index contributed by atoms with van der Waals surface area (Å²) in [4.78, 5) is 16.9. The number of hydrogen-bond acceptors (Lipinski definition) is 6. The van der Waals surface area contributed by atoms with Gasteiger partial charge in [-0.25, -0.2) is 9.67 Å². The van der Waals surface area contributed by atoms with Crippen molar-refractivity contribution in [1.82, 2.24) is 25.2 Å². The zero-order valence-corrected chi connectivity index (χ0v) is 13.7. The fraction of sp³-hybridized carbons (Fsp3) is 0. The van der Waals surface area contributed by atoms with E-state index in [1.807, 2.05) is 41.8 Å². The van der Waals surface area contributed by atoms with Crippen LogP contribution in [0.4, 0.5) is 5.13 Å². The summed E-state index contributed by atoms with van der Waals surface area (Å²) in [5.74, 6) is -0.233. The van der Waals surface area contributed by atoms with Gasteiger partial charge >= 0.3 is 0 Å². The first-order valence-corrected chi connectivity index (χ1v) is 8.33. The highest BCUT2D eigenvalue weighted by Crippen LogP contribution is 2.25. The number of amides is 1. The van der Waals surface area contributed by atoms with Gasteiger partial charge in [-0.15, -0.1) is 16.4 Å². The Morgan fingerprint density at radius 1 is 1.08 bits per heavy atom. The number of tetrazole rings is 1. The van der Waals surface area contributed by atoms with Gasteiger partial charge in [-0.3, -0.25) is 10.1 Å². The molecule has 0 unspecified atom stereocenters. The van der Waals surface area contributed by atoms with Crippen molar-refractivity contribution in [2.24, 2.45) is 0 Å². The minimum absolute atomic E-state index is 0.233. The van der Waals surface area contributed by atoms with Crippen molar-refractivity contribution in [3.05, 3.63) is 71.9 Å². The van der Waals surface area contributed by atoms with Crippen LogP contribution >= 0.6 is 11.3 Å². The lowest BCUT2D eigenvalue weighted by Gasteiger charge is -2.04. The van der Waals surface area contributed by atoms with Crippen molar-refractivity contribution in [2.45, 2.75) is 0 Å². The highest BCUT2D eigenvalue weighted by Gasteiger charge is 2.11. The van der Waals surface area contributed by atoms with Gasteiger partial charge in [0.25, 0.3) is 5.91 Å². The average molecular weight is 348 g/mol. The molecule has 0 saturated carbocycles. The average Bonchev–Trinajstić information content (AvgIpc) is 3.35. The summed E-state index contributed by atoms with van der Waals surface area (Å²) < 4.78 is 1.49. The second kappa shape index (κ2) is 6.62. The summed E-state index contributed by atoms with van der Waals surface area (Å²) in [5, 5.41) is 16.3. The third-order valence-corrected chi connectivity index (χ3v) is 4.27. The van der Waals surface area contributed by atoms with Gasteiger partial charge in [0.1, 0.15) is 6.33 Å². The summed E-state index contributed by atoms with van der Waals surface area (Å²) in [6.45, 7) is 0. The van der Waals surface area contributed by atoms with Crippen molar-refractivity contribution >= 4 is 22.4 Å². The SMILES string of the molecule is O=C(Nc1nc(-c2ccccc2)cs1)c1cccc(-n2cnnn2)c1. The van der Waals surface area contributed by atoms with E-state index in [1.165, 1.54) is 22.3 Å². The number of benzene rings is 2. The third kappa shape index (κ3) is 3.29. The Kier molecular flexibility index (Phi) is 4.01. The minimum atomic E-state index is -0.233. The second-order valence-corrected chi connectivity index (χ2v) is 6.02. The van der Waals surface area contributed by atoms with Crippen molar-refractivity contribution in [1.29, 1.82) is 0 Å². The van der Waals surface area contributed by atoms with E-state index in [4.69, 9.17) is 0 Å². The van der Waals surface area contributed by atoms with Gasteiger partial charge in [0.05, 0.1) is 11.4 Å². The van der Waals surface area contributed by atoms with Gasteiger partial charge in [0.2, 0.25) is 0 Å². The van der Waals surface area contributed by atoms with E-state index in [-0.39, 0.29) is 5.91 Å². The standard InChI is InChI=1S/C17H12N6OS/c24-16(13-7-4-8-14(9-13)23-11-18-21-22-23)20-17-19-15(10-25-17)12-5-2-1-3-6-12/h1-11H,(H,19,20,24). The third-order valence-electron chi connectivity index (χ3n) is 3.52. The zero-order valence-electron chi connectivity index (χ0n) is 12.9. The van der Waals surface area contributed by atoms with Crippen molar-refractivity contribution in [3.8, 4) is 16.9 Å². The number of anilines is 1. The molecule has 2 heterocycles. The number of hydrogen-bond donors (Lipinski definition) is 1. The summed E-state index contributed by atoms with van der Waals surface area (Å²) in [6, 6.07) is 16.9. The van der Waals surface area contributed by atoms with E-state index in [0.29, 0.717) is 16.4 Å². The first-order valence-electron chi connectivity index (χ1n) is 7.45. The molecule has 4 rings (SSSR count). The van der Waals surface area contributed by atoms with E-state index >= 15 is 0 Å². The first kappa shape index (κ1) is 15.2. The Bertz CT molecular complexity index is 997. The molecular formula is C17H12N6OS. The molecule has 0 fully saturated rings. The molecule has 0 aliphatic heterocycles. The molecule has 4 aromatic rings. The second-order valence-electron chi connectivity index (χ2n) is 5.16. The van der Waals surface area contributed by atoms with Gasteiger partial charge in [0, 0.05) is 16.5 Å². The maximum absolute atomic E-state index is 12.5. The molecule has 1 amide bonds. The van der Waals surface area contributed by atoms with Crippen molar-refractivity contribution < 1.29 is 4.79 Å². The quantitative estimate of drug-likeness (QED) is 0.613.